The van der Waals surface area contributed by atoms with Gasteiger partial charge in [-0.2, -0.15) is 0 Å². The van der Waals surface area contributed by atoms with E-state index in [4.69, 9.17) is 4.74 Å². The lowest BCUT2D eigenvalue weighted by Crippen LogP contribution is -2.02. The second kappa shape index (κ2) is 6.48. The van der Waals surface area contributed by atoms with Crippen molar-refractivity contribution in [1.29, 1.82) is 0 Å². The summed E-state index contributed by atoms with van der Waals surface area (Å²) in [5.74, 6) is -0.366. The Morgan fingerprint density at radius 3 is 2.47 bits per heavy atom. The molecule has 2 nitrogen and oxygen atoms in total. The highest BCUT2D eigenvalue weighted by molar-refractivity contribution is 5.89. The molecule has 0 bridgehead atoms. The summed E-state index contributed by atoms with van der Waals surface area (Å²) in [6.45, 7) is 6.96. The van der Waals surface area contributed by atoms with Gasteiger partial charge in [0.1, 0.15) is 0 Å². The predicted molar refractivity (Wildman–Crippen MR) is 70.1 cm³/mol. The zero-order valence-electron chi connectivity index (χ0n) is 10.1. The summed E-state index contributed by atoms with van der Waals surface area (Å²) < 4.78 is 4.71. The van der Waals surface area contributed by atoms with Crippen LogP contribution < -0.4 is 0 Å². The Morgan fingerprint density at radius 2 is 1.88 bits per heavy atom. The molecule has 2 heteroatoms. The molecule has 0 saturated heterocycles. The second-order valence-corrected chi connectivity index (χ2v) is 3.62. The molecule has 0 N–H and O–H groups in total. The molecule has 1 aromatic rings. The molecular weight excluding hydrogens is 212 g/mol. The van der Waals surface area contributed by atoms with Crippen molar-refractivity contribution in [2.45, 2.75) is 13.8 Å². The SMILES string of the molecule is C=COC(=O)C(C)=C(C)C=Cc1ccccc1. The van der Waals surface area contributed by atoms with Crippen LogP contribution in [0.1, 0.15) is 19.4 Å². The molecule has 0 atom stereocenters. The zero-order valence-corrected chi connectivity index (χ0v) is 10.1. The van der Waals surface area contributed by atoms with E-state index >= 15 is 0 Å². The lowest BCUT2D eigenvalue weighted by Gasteiger charge is -2.01. The van der Waals surface area contributed by atoms with Crippen LogP contribution in [0.3, 0.4) is 0 Å². The maximum atomic E-state index is 11.4. The first-order valence-corrected chi connectivity index (χ1v) is 5.37. The van der Waals surface area contributed by atoms with Gasteiger partial charge in [-0.1, -0.05) is 49.1 Å². The van der Waals surface area contributed by atoms with E-state index < -0.39 is 0 Å². The van der Waals surface area contributed by atoms with Crippen LogP contribution in [0.15, 0.2) is 60.4 Å². The summed E-state index contributed by atoms with van der Waals surface area (Å²) in [6.07, 6.45) is 5.00. The van der Waals surface area contributed by atoms with E-state index in [-0.39, 0.29) is 5.97 Å². The fourth-order valence-electron chi connectivity index (χ4n) is 1.24. The number of hydrogen-bond donors (Lipinski definition) is 0. The number of hydrogen-bond acceptors (Lipinski definition) is 2. The lowest BCUT2D eigenvalue weighted by atomic mass is 10.1. The van der Waals surface area contributed by atoms with Crippen LogP contribution in [0.4, 0.5) is 0 Å². The quantitative estimate of drug-likeness (QED) is 0.340. The number of ether oxygens (including phenoxy) is 1. The third-order valence-electron chi connectivity index (χ3n) is 2.41. The Morgan fingerprint density at radius 1 is 1.24 bits per heavy atom. The van der Waals surface area contributed by atoms with E-state index in [9.17, 15) is 4.79 Å². The number of benzene rings is 1. The first-order valence-electron chi connectivity index (χ1n) is 5.37. The fourth-order valence-corrected chi connectivity index (χ4v) is 1.24. The minimum atomic E-state index is -0.366. The van der Waals surface area contributed by atoms with E-state index in [0.29, 0.717) is 5.57 Å². The normalized spacial score (nSPS) is 12.1. The number of carbonyl (C=O) groups excluding carboxylic acids is 1. The van der Waals surface area contributed by atoms with Crippen molar-refractivity contribution in [3.63, 3.8) is 0 Å². The molecule has 88 valence electrons. The number of allylic oxidation sites excluding steroid dienone is 2. The van der Waals surface area contributed by atoms with E-state index in [1.54, 1.807) is 6.92 Å². The topological polar surface area (TPSA) is 26.3 Å². The van der Waals surface area contributed by atoms with Crippen molar-refractivity contribution in [3.8, 4) is 0 Å². The van der Waals surface area contributed by atoms with Gasteiger partial charge in [0.25, 0.3) is 0 Å². The minimum Gasteiger partial charge on any atom is -0.432 e. The average molecular weight is 228 g/mol. The number of rotatable bonds is 4. The van der Waals surface area contributed by atoms with Gasteiger partial charge in [-0.05, 0) is 25.0 Å². The Labute approximate surface area is 102 Å². The monoisotopic (exact) mass is 228 g/mol. The van der Waals surface area contributed by atoms with Gasteiger partial charge in [0.05, 0.1) is 6.26 Å². The molecule has 0 fully saturated rings. The van der Waals surface area contributed by atoms with E-state index in [1.807, 2.05) is 49.4 Å². The van der Waals surface area contributed by atoms with Crippen molar-refractivity contribution in [1.82, 2.24) is 0 Å². The molecule has 0 unspecified atom stereocenters. The highest BCUT2D eigenvalue weighted by Gasteiger charge is 2.05. The summed E-state index contributed by atoms with van der Waals surface area (Å²) in [4.78, 5) is 11.4. The maximum Gasteiger partial charge on any atom is 0.338 e. The van der Waals surface area contributed by atoms with Crippen LogP contribution in [0, 0.1) is 0 Å². The molecular formula is C15H16O2. The molecule has 0 spiro atoms. The average Bonchev–Trinajstić information content (AvgIpc) is 2.36. The standard InChI is InChI=1S/C15H16O2/c1-4-17-15(16)13(3)12(2)10-11-14-8-6-5-7-9-14/h4-11H,1H2,2-3H3. The van der Waals surface area contributed by atoms with Crippen LogP contribution in [0.2, 0.25) is 0 Å². The third kappa shape index (κ3) is 4.11. The highest BCUT2D eigenvalue weighted by atomic mass is 16.5. The molecule has 0 amide bonds. The second-order valence-electron chi connectivity index (χ2n) is 3.62. The van der Waals surface area contributed by atoms with Crippen LogP contribution in [0.25, 0.3) is 6.08 Å². The van der Waals surface area contributed by atoms with Crippen LogP contribution in [0.5, 0.6) is 0 Å². The van der Waals surface area contributed by atoms with Gasteiger partial charge < -0.3 is 4.74 Å². The molecule has 1 rings (SSSR count). The maximum absolute atomic E-state index is 11.4. The molecule has 0 saturated carbocycles. The summed E-state index contributed by atoms with van der Waals surface area (Å²) in [5.41, 5.74) is 2.55. The first kappa shape index (κ1) is 13.0. The van der Waals surface area contributed by atoms with Crippen LogP contribution in [-0.2, 0) is 9.53 Å². The zero-order chi connectivity index (χ0) is 12.7. The van der Waals surface area contributed by atoms with E-state index in [1.165, 1.54) is 0 Å². The lowest BCUT2D eigenvalue weighted by molar-refractivity contribution is -0.133. The molecule has 17 heavy (non-hydrogen) atoms. The molecule has 0 aromatic heterocycles. The van der Waals surface area contributed by atoms with Gasteiger partial charge >= 0.3 is 5.97 Å². The third-order valence-corrected chi connectivity index (χ3v) is 2.41. The summed E-state index contributed by atoms with van der Waals surface area (Å²) in [6, 6.07) is 9.91. The minimum absolute atomic E-state index is 0.366. The van der Waals surface area contributed by atoms with Gasteiger partial charge in [-0.3, -0.25) is 0 Å². The summed E-state index contributed by atoms with van der Waals surface area (Å²) in [7, 11) is 0. The van der Waals surface area contributed by atoms with Crippen molar-refractivity contribution in [2.24, 2.45) is 0 Å². The van der Waals surface area contributed by atoms with Gasteiger partial charge in [-0.25, -0.2) is 4.79 Å². The summed E-state index contributed by atoms with van der Waals surface area (Å²) >= 11 is 0. The molecule has 0 aliphatic carbocycles. The molecule has 0 aliphatic rings. The Bertz CT molecular complexity index is 453. The van der Waals surface area contributed by atoms with Crippen LogP contribution in [-0.4, -0.2) is 5.97 Å². The first-order chi connectivity index (χ1) is 8.15. The largest absolute Gasteiger partial charge is 0.432 e. The Kier molecular flexibility index (Phi) is 4.95. The van der Waals surface area contributed by atoms with Crippen molar-refractivity contribution < 1.29 is 9.53 Å². The van der Waals surface area contributed by atoms with E-state index in [2.05, 4.69) is 6.58 Å². The van der Waals surface area contributed by atoms with Gasteiger partial charge in [-0.15, -0.1) is 0 Å². The molecule has 0 radical (unpaired) electrons. The Hall–Kier alpha value is -2.09. The molecule has 0 aliphatic heterocycles. The fraction of sp³-hybridized carbons (Fsp3) is 0.133. The van der Waals surface area contributed by atoms with Crippen molar-refractivity contribution in [3.05, 3.63) is 66.0 Å². The predicted octanol–water partition coefficient (Wildman–Crippen LogP) is 3.72. The molecule has 1 aromatic carbocycles. The summed E-state index contributed by atoms with van der Waals surface area (Å²) in [5, 5.41) is 0. The number of esters is 1. The van der Waals surface area contributed by atoms with Gasteiger partial charge in [0, 0.05) is 5.57 Å². The van der Waals surface area contributed by atoms with E-state index in [0.717, 1.165) is 17.4 Å². The van der Waals surface area contributed by atoms with Gasteiger partial charge in [0.15, 0.2) is 0 Å². The highest BCUT2D eigenvalue weighted by Crippen LogP contribution is 2.10. The van der Waals surface area contributed by atoms with Crippen molar-refractivity contribution >= 4 is 12.0 Å². The Balaban J connectivity index is 2.80. The molecule has 0 heterocycles. The van der Waals surface area contributed by atoms with Crippen LogP contribution >= 0.6 is 0 Å². The smallest absolute Gasteiger partial charge is 0.338 e. The van der Waals surface area contributed by atoms with Crippen molar-refractivity contribution in [2.75, 3.05) is 0 Å². The number of carbonyl (C=O) groups is 1. The van der Waals surface area contributed by atoms with Gasteiger partial charge in [0.2, 0.25) is 0 Å².